The van der Waals surface area contributed by atoms with Gasteiger partial charge >= 0.3 is 0 Å². The quantitative estimate of drug-likeness (QED) is 0.893. The highest BCUT2D eigenvalue weighted by molar-refractivity contribution is 6.37. The van der Waals surface area contributed by atoms with E-state index in [9.17, 15) is 4.79 Å². The van der Waals surface area contributed by atoms with E-state index in [0.717, 1.165) is 0 Å². The van der Waals surface area contributed by atoms with Gasteiger partial charge in [0.25, 0.3) is 5.91 Å². The standard InChI is InChI=1S/C10H11Cl2NO2/c1-3-13-10(14)8-6(11)4-5-7(12)9(8)15-2/h4-5H,3H2,1-2H3,(H,13,14). The van der Waals surface area contributed by atoms with Crippen molar-refractivity contribution >= 4 is 29.1 Å². The van der Waals surface area contributed by atoms with E-state index in [1.165, 1.54) is 7.11 Å². The summed E-state index contributed by atoms with van der Waals surface area (Å²) in [5.41, 5.74) is 0.272. The number of methoxy groups -OCH3 is 1. The number of benzene rings is 1. The summed E-state index contributed by atoms with van der Waals surface area (Å²) in [7, 11) is 1.44. The van der Waals surface area contributed by atoms with Gasteiger partial charge in [0.1, 0.15) is 5.56 Å². The summed E-state index contributed by atoms with van der Waals surface area (Å²) in [6, 6.07) is 3.16. The Bertz CT molecular complexity index is 380. The molecule has 0 unspecified atom stereocenters. The second-order valence-electron chi connectivity index (χ2n) is 2.80. The van der Waals surface area contributed by atoms with Gasteiger partial charge in [0.2, 0.25) is 0 Å². The van der Waals surface area contributed by atoms with Gasteiger partial charge in [-0.2, -0.15) is 0 Å². The molecular weight excluding hydrogens is 237 g/mol. The molecule has 0 heterocycles. The minimum atomic E-state index is -0.290. The summed E-state index contributed by atoms with van der Waals surface area (Å²) in [6.07, 6.45) is 0. The summed E-state index contributed by atoms with van der Waals surface area (Å²) in [6.45, 7) is 2.34. The van der Waals surface area contributed by atoms with Crippen molar-refractivity contribution < 1.29 is 9.53 Å². The van der Waals surface area contributed by atoms with Crippen LogP contribution in [-0.4, -0.2) is 19.6 Å². The number of amides is 1. The third-order valence-corrected chi connectivity index (χ3v) is 2.44. The van der Waals surface area contributed by atoms with Crippen molar-refractivity contribution in [3.8, 4) is 5.75 Å². The lowest BCUT2D eigenvalue weighted by atomic mass is 10.2. The van der Waals surface area contributed by atoms with Crippen molar-refractivity contribution in [3.05, 3.63) is 27.7 Å². The van der Waals surface area contributed by atoms with Crippen LogP contribution < -0.4 is 10.1 Å². The lowest BCUT2D eigenvalue weighted by molar-refractivity contribution is 0.0953. The molecule has 0 aromatic heterocycles. The van der Waals surface area contributed by atoms with Crippen LogP contribution in [-0.2, 0) is 0 Å². The van der Waals surface area contributed by atoms with Gasteiger partial charge < -0.3 is 10.1 Å². The van der Waals surface area contributed by atoms with Gasteiger partial charge in [-0.05, 0) is 19.1 Å². The van der Waals surface area contributed by atoms with E-state index in [-0.39, 0.29) is 11.5 Å². The highest BCUT2D eigenvalue weighted by Gasteiger charge is 2.18. The fraction of sp³-hybridized carbons (Fsp3) is 0.300. The van der Waals surface area contributed by atoms with Gasteiger partial charge in [-0.25, -0.2) is 0 Å². The molecule has 1 aromatic rings. The van der Waals surface area contributed by atoms with Crippen molar-refractivity contribution in [2.24, 2.45) is 0 Å². The molecule has 5 heteroatoms. The van der Waals surface area contributed by atoms with Crippen LogP contribution in [0, 0.1) is 0 Å². The van der Waals surface area contributed by atoms with Crippen LogP contribution in [0.15, 0.2) is 12.1 Å². The molecule has 1 N–H and O–H groups in total. The summed E-state index contributed by atoms with van der Waals surface area (Å²) in [5, 5.41) is 3.33. The van der Waals surface area contributed by atoms with Crippen LogP contribution >= 0.6 is 23.2 Å². The Morgan fingerprint density at radius 2 is 2.00 bits per heavy atom. The summed E-state index contributed by atoms with van der Waals surface area (Å²) in [5.74, 6) is 0.0111. The Morgan fingerprint density at radius 3 is 2.53 bits per heavy atom. The third-order valence-electron chi connectivity index (χ3n) is 1.83. The number of carbonyl (C=O) groups excluding carboxylic acids is 1. The largest absolute Gasteiger partial charge is 0.494 e. The summed E-state index contributed by atoms with van der Waals surface area (Å²) >= 11 is 11.8. The van der Waals surface area contributed by atoms with E-state index in [1.54, 1.807) is 12.1 Å². The molecule has 0 saturated heterocycles. The van der Waals surface area contributed by atoms with Crippen molar-refractivity contribution in [3.63, 3.8) is 0 Å². The van der Waals surface area contributed by atoms with Crippen LogP contribution in [0.3, 0.4) is 0 Å². The second-order valence-corrected chi connectivity index (χ2v) is 3.61. The molecule has 1 amide bonds. The van der Waals surface area contributed by atoms with E-state index >= 15 is 0 Å². The molecule has 0 aliphatic rings. The first-order valence-electron chi connectivity index (χ1n) is 4.42. The van der Waals surface area contributed by atoms with Gasteiger partial charge in [-0.1, -0.05) is 23.2 Å². The van der Waals surface area contributed by atoms with Crippen LogP contribution in [0.2, 0.25) is 10.0 Å². The molecule has 0 spiro atoms. The Kier molecular flexibility index (Phi) is 4.24. The molecular formula is C10H11Cl2NO2. The molecule has 1 rings (SSSR count). The zero-order chi connectivity index (χ0) is 11.4. The minimum Gasteiger partial charge on any atom is -0.494 e. The first-order chi connectivity index (χ1) is 7.11. The fourth-order valence-electron chi connectivity index (χ4n) is 1.19. The lowest BCUT2D eigenvalue weighted by Gasteiger charge is -2.11. The number of carbonyl (C=O) groups is 1. The molecule has 0 aliphatic carbocycles. The molecule has 0 saturated carbocycles. The maximum absolute atomic E-state index is 11.7. The topological polar surface area (TPSA) is 38.3 Å². The molecule has 15 heavy (non-hydrogen) atoms. The fourth-order valence-corrected chi connectivity index (χ4v) is 1.66. The monoisotopic (exact) mass is 247 g/mol. The third kappa shape index (κ3) is 2.55. The number of rotatable bonds is 3. The number of ether oxygens (including phenoxy) is 1. The average Bonchev–Trinajstić information content (AvgIpc) is 2.21. The zero-order valence-electron chi connectivity index (χ0n) is 8.43. The Balaban J connectivity index is 3.24. The van der Waals surface area contributed by atoms with E-state index in [4.69, 9.17) is 27.9 Å². The predicted octanol–water partition coefficient (Wildman–Crippen LogP) is 2.75. The molecule has 0 bridgehead atoms. The van der Waals surface area contributed by atoms with Crippen LogP contribution in [0.5, 0.6) is 5.75 Å². The Hall–Kier alpha value is -0.930. The molecule has 0 fully saturated rings. The molecule has 3 nitrogen and oxygen atoms in total. The minimum absolute atomic E-state index is 0.272. The van der Waals surface area contributed by atoms with Gasteiger partial charge in [0.05, 0.1) is 17.2 Å². The number of nitrogens with one attached hydrogen (secondary N) is 1. The van der Waals surface area contributed by atoms with E-state index in [0.29, 0.717) is 22.3 Å². The van der Waals surface area contributed by atoms with Gasteiger partial charge in [0.15, 0.2) is 5.75 Å². The van der Waals surface area contributed by atoms with Gasteiger partial charge in [0, 0.05) is 6.54 Å². The summed E-state index contributed by atoms with van der Waals surface area (Å²) < 4.78 is 5.05. The van der Waals surface area contributed by atoms with Crippen LogP contribution in [0.4, 0.5) is 0 Å². The highest BCUT2D eigenvalue weighted by Crippen LogP contribution is 2.33. The second kappa shape index (κ2) is 5.24. The predicted molar refractivity (Wildman–Crippen MR) is 61.0 cm³/mol. The van der Waals surface area contributed by atoms with Crippen molar-refractivity contribution in [2.45, 2.75) is 6.92 Å². The molecule has 82 valence electrons. The number of hydrogen-bond acceptors (Lipinski definition) is 2. The average molecular weight is 248 g/mol. The molecule has 0 atom stereocenters. The number of halogens is 2. The first-order valence-corrected chi connectivity index (χ1v) is 5.17. The SMILES string of the molecule is CCNC(=O)c1c(Cl)ccc(Cl)c1OC. The van der Waals surface area contributed by atoms with E-state index in [2.05, 4.69) is 5.32 Å². The zero-order valence-corrected chi connectivity index (χ0v) is 9.95. The Labute approximate surface area is 98.3 Å². The van der Waals surface area contributed by atoms with E-state index in [1.807, 2.05) is 6.92 Å². The normalized spacial score (nSPS) is 9.87. The highest BCUT2D eigenvalue weighted by atomic mass is 35.5. The molecule has 1 aromatic carbocycles. The smallest absolute Gasteiger partial charge is 0.256 e. The summed E-state index contributed by atoms with van der Waals surface area (Å²) in [4.78, 5) is 11.7. The molecule has 0 radical (unpaired) electrons. The Morgan fingerprint density at radius 1 is 1.40 bits per heavy atom. The molecule has 0 aliphatic heterocycles. The van der Waals surface area contributed by atoms with Gasteiger partial charge in [-0.15, -0.1) is 0 Å². The van der Waals surface area contributed by atoms with E-state index < -0.39 is 0 Å². The number of hydrogen-bond donors (Lipinski definition) is 1. The van der Waals surface area contributed by atoms with Crippen molar-refractivity contribution in [1.82, 2.24) is 5.32 Å². The van der Waals surface area contributed by atoms with Crippen molar-refractivity contribution in [1.29, 1.82) is 0 Å². The van der Waals surface area contributed by atoms with Crippen LogP contribution in [0.25, 0.3) is 0 Å². The first kappa shape index (κ1) is 12.1. The maximum Gasteiger partial charge on any atom is 0.256 e. The van der Waals surface area contributed by atoms with Crippen molar-refractivity contribution in [2.75, 3.05) is 13.7 Å². The van der Waals surface area contributed by atoms with Gasteiger partial charge in [-0.3, -0.25) is 4.79 Å². The van der Waals surface area contributed by atoms with Crippen LogP contribution in [0.1, 0.15) is 17.3 Å². The maximum atomic E-state index is 11.7. The lowest BCUT2D eigenvalue weighted by Crippen LogP contribution is -2.23.